The molecule has 1 aromatic heterocycles. The molecule has 6 rings (SSSR count). The minimum atomic E-state index is -0.331. The number of H-pyrrole nitrogens is 1. The van der Waals surface area contributed by atoms with Crippen LogP contribution in [-0.2, 0) is 6.54 Å². The van der Waals surface area contributed by atoms with E-state index in [0.717, 1.165) is 25.5 Å². The second-order valence-electron chi connectivity index (χ2n) is 8.99. The molecule has 0 aliphatic carbocycles. The van der Waals surface area contributed by atoms with Crippen molar-refractivity contribution in [3.8, 4) is 0 Å². The van der Waals surface area contributed by atoms with Gasteiger partial charge in [0, 0.05) is 50.3 Å². The van der Waals surface area contributed by atoms with E-state index in [-0.39, 0.29) is 5.82 Å². The molecule has 2 aromatic rings. The first-order chi connectivity index (χ1) is 12.9. The van der Waals surface area contributed by atoms with Gasteiger partial charge in [0.1, 0.15) is 17.2 Å². The monoisotopic (exact) mass is 391 g/mol. The summed E-state index contributed by atoms with van der Waals surface area (Å²) in [7, 11) is 0. The van der Waals surface area contributed by atoms with Crippen LogP contribution < -0.4 is 0 Å². The van der Waals surface area contributed by atoms with Crippen molar-refractivity contribution in [1.82, 2.24) is 24.7 Å². The fraction of sp³-hybridized carbons (Fsp3) is 0.650. The zero-order valence-electron chi connectivity index (χ0n) is 16.0. The Morgan fingerprint density at radius 1 is 1.26 bits per heavy atom. The number of rotatable bonds is 5. The Morgan fingerprint density at radius 3 is 2.70 bits per heavy atom. The molecule has 4 aliphatic rings. The molecule has 0 saturated carbocycles. The number of benzene rings is 1. The van der Waals surface area contributed by atoms with E-state index in [1.165, 1.54) is 44.6 Å². The predicted octanol–water partition coefficient (Wildman–Crippen LogP) is 3.10. The molecular weight excluding hydrogens is 365 g/mol. The number of nitrogens with one attached hydrogen (secondary N) is 1. The number of likely N-dealkylation sites (tertiary alicyclic amines) is 1. The van der Waals surface area contributed by atoms with Gasteiger partial charge in [-0.15, -0.1) is 0 Å². The van der Waals surface area contributed by atoms with Gasteiger partial charge in [-0.2, -0.15) is 0 Å². The van der Waals surface area contributed by atoms with Crippen LogP contribution >= 0.6 is 11.6 Å². The van der Waals surface area contributed by atoms with Crippen LogP contribution in [0.5, 0.6) is 0 Å². The Labute approximate surface area is 164 Å². The van der Waals surface area contributed by atoms with Crippen molar-refractivity contribution in [3.05, 3.63) is 28.8 Å². The van der Waals surface area contributed by atoms with Crippen molar-refractivity contribution < 1.29 is 4.39 Å². The number of piperidine rings is 1. The molecule has 4 saturated heterocycles. The topological polar surface area (TPSA) is 38.4 Å². The summed E-state index contributed by atoms with van der Waals surface area (Å²) in [4.78, 5) is 15.6. The number of fused-ring (bicyclic) bond motifs is 3. The Bertz CT molecular complexity index is 853. The van der Waals surface area contributed by atoms with Gasteiger partial charge in [-0.3, -0.25) is 14.7 Å². The Balaban J connectivity index is 1.18. The molecule has 2 atom stereocenters. The molecule has 4 fully saturated rings. The van der Waals surface area contributed by atoms with Gasteiger partial charge >= 0.3 is 0 Å². The lowest BCUT2D eigenvalue weighted by atomic mass is 9.86. The number of hydrogen-bond acceptors (Lipinski definition) is 4. The smallest absolute Gasteiger partial charge is 0.126 e. The highest BCUT2D eigenvalue weighted by atomic mass is 35.5. The van der Waals surface area contributed by atoms with Gasteiger partial charge in [0.15, 0.2) is 0 Å². The van der Waals surface area contributed by atoms with E-state index in [1.54, 1.807) is 0 Å². The Morgan fingerprint density at radius 2 is 2.04 bits per heavy atom. The van der Waals surface area contributed by atoms with Crippen molar-refractivity contribution in [3.63, 3.8) is 0 Å². The van der Waals surface area contributed by atoms with Crippen molar-refractivity contribution in [2.24, 2.45) is 0 Å². The van der Waals surface area contributed by atoms with Crippen LogP contribution in [0.2, 0.25) is 5.02 Å². The van der Waals surface area contributed by atoms with E-state index in [9.17, 15) is 4.39 Å². The fourth-order valence-corrected chi connectivity index (χ4v) is 5.26. The lowest BCUT2D eigenvalue weighted by Gasteiger charge is -2.58. The highest BCUT2D eigenvalue weighted by Gasteiger charge is 2.45. The predicted molar refractivity (Wildman–Crippen MR) is 106 cm³/mol. The molecule has 7 heteroatoms. The molecule has 27 heavy (non-hydrogen) atoms. The van der Waals surface area contributed by atoms with E-state index >= 15 is 0 Å². The average Bonchev–Trinajstić information content (AvgIpc) is 3.00. The van der Waals surface area contributed by atoms with Crippen LogP contribution in [0.4, 0.5) is 4.39 Å². The number of aromatic nitrogens is 2. The minimum Gasteiger partial charge on any atom is -0.341 e. The number of nitrogens with zero attached hydrogens (tertiary/aromatic N) is 4. The Kier molecular flexibility index (Phi) is 4.24. The third kappa shape index (κ3) is 3.16. The van der Waals surface area contributed by atoms with Gasteiger partial charge in [-0.1, -0.05) is 11.6 Å². The van der Waals surface area contributed by atoms with Gasteiger partial charge in [0.05, 0.1) is 17.1 Å². The van der Waals surface area contributed by atoms with Gasteiger partial charge < -0.3 is 4.98 Å². The van der Waals surface area contributed by atoms with Crippen molar-refractivity contribution >= 4 is 22.6 Å². The first-order valence-corrected chi connectivity index (χ1v) is 10.3. The van der Waals surface area contributed by atoms with Gasteiger partial charge in [0.2, 0.25) is 0 Å². The summed E-state index contributed by atoms with van der Waals surface area (Å²) in [5, 5.41) is 0.370. The maximum absolute atomic E-state index is 13.5. The van der Waals surface area contributed by atoms with E-state index < -0.39 is 0 Å². The van der Waals surface area contributed by atoms with Gasteiger partial charge in [-0.25, -0.2) is 9.37 Å². The maximum Gasteiger partial charge on any atom is 0.126 e. The molecule has 4 aliphatic heterocycles. The maximum atomic E-state index is 13.5. The fourth-order valence-electron chi connectivity index (χ4n) is 5.02. The molecule has 1 aromatic carbocycles. The minimum absolute atomic E-state index is 0.331. The Hall–Kier alpha value is -1.21. The second-order valence-corrected chi connectivity index (χ2v) is 9.40. The number of halogens is 2. The summed E-state index contributed by atoms with van der Waals surface area (Å²) >= 11 is 6.12. The van der Waals surface area contributed by atoms with Crippen molar-refractivity contribution in [2.75, 3.05) is 32.7 Å². The highest BCUT2D eigenvalue weighted by molar-refractivity contribution is 6.34. The third-order valence-electron chi connectivity index (χ3n) is 6.83. The van der Waals surface area contributed by atoms with E-state index in [2.05, 4.69) is 38.5 Å². The first-order valence-electron chi connectivity index (χ1n) is 9.96. The van der Waals surface area contributed by atoms with Gasteiger partial charge in [0.25, 0.3) is 0 Å². The van der Waals surface area contributed by atoms with Crippen molar-refractivity contribution in [1.29, 1.82) is 0 Å². The lowest BCUT2D eigenvalue weighted by Crippen LogP contribution is -2.70. The molecule has 1 N–H and O–H groups in total. The van der Waals surface area contributed by atoms with Gasteiger partial charge in [-0.05, 0) is 38.8 Å². The lowest BCUT2D eigenvalue weighted by molar-refractivity contribution is -0.0864. The molecule has 2 bridgehead atoms. The quantitative estimate of drug-likeness (QED) is 0.850. The standard InChI is InChI=1S/C20H27ClFN5/c1-20(2)3-4-26(20)5-6-27-14-9-15(27)11-25(10-14)12-18-23-17-8-13(22)7-16(21)19(17)24-18/h7-8,14-15H,3-6,9-12H2,1-2H3,(H,23,24). The average molecular weight is 392 g/mol. The summed E-state index contributed by atoms with van der Waals surface area (Å²) in [6.45, 7) is 11.3. The zero-order valence-corrected chi connectivity index (χ0v) is 16.8. The molecule has 2 unspecified atom stereocenters. The second kappa shape index (κ2) is 6.41. The summed E-state index contributed by atoms with van der Waals surface area (Å²) in [6, 6.07) is 4.11. The molecule has 5 nitrogen and oxygen atoms in total. The summed E-state index contributed by atoms with van der Waals surface area (Å²) < 4.78 is 13.5. The molecule has 0 spiro atoms. The van der Waals surface area contributed by atoms with Crippen LogP contribution in [-0.4, -0.2) is 75.0 Å². The molecule has 5 heterocycles. The zero-order chi connectivity index (χ0) is 18.8. The van der Waals surface area contributed by atoms with Crippen LogP contribution in [0.25, 0.3) is 11.0 Å². The van der Waals surface area contributed by atoms with Crippen LogP contribution in [0.3, 0.4) is 0 Å². The number of piperazine rings is 1. The molecular formula is C20H27ClFN5. The number of imidazole rings is 1. The molecule has 146 valence electrons. The third-order valence-corrected chi connectivity index (χ3v) is 7.11. The summed E-state index contributed by atoms with van der Waals surface area (Å²) in [5.74, 6) is 0.538. The molecule has 0 radical (unpaired) electrons. The van der Waals surface area contributed by atoms with Crippen LogP contribution in [0, 0.1) is 5.82 Å². The van der Waals surface area contributed by atoms with Crippen LogP contribution in [0.15, 0.2) is 12.1 Å². The largest absolute Gasteiger partial charge is 0.341 e. The van der Waals surface area contributed by atoms with E-state index in [4.69, 9.17) is 11.6 Å². The summed E-state index contributed by atoms with van der Waals surface area (Å²) in [6.07, 6.45) is 2.64. The van der Waals surface area contributed by atoms with E-state index in [0.29, 0.717) is 33.7 Å². The molecule has 0 amide bonds. The van der Waals surface area contributed by atoms with E-state index in [1.807, 2.05) is 0 Å². The SMILES string of the molecule is CC1(C)CCN1CCN1C2CC1CN(Cc1nc3c(Cl)cc(F)cc3[nH]1)C2. The van der Waals surface area contributed by atoms with Crippen LogP contribution in [0.1, 0.15) is 32.5 Å². The highest BCUT2D eigenvalue weighted by Crippen LogP contribution is 2.34. The number of hydrogen-bond donors (Lipinski definition) is 1. The first kappa shape index (κ1) is 17.9. The number of aromatic amines is 1. The summed E-state index contributed by atoms with van der Waals surface area (Å²) in [5.41, 5.74) is 1.73. The normalized spacial score (nSPS) is 28.3. The van der Waals surface area contributed by atoms with Crippen molar-refractivity contribution in [2.45, 2.75) is 50.9 Å².